The second-order valence-corrected chi connectivity index (χ2v) is 10.9. The summed E-state index contributed by atoms with van der Waals surface area (Å²) in [4.78, 5) is 22.6. The number of ketones is 1. The average Bonchev–Trinajstić information content (AvgIpc) is 3.54. The number of carbonyl (C=O) groups excluding carboxylic acids is 1. The van der Waals surface area contributed by atoms with Crippen LogP contribution in [0.25, 0.3) is 11.1 Å². The Labute approximate surface area is 203 Å². The number of dihydropyridines is 1. The summed E-state index contributed by atoms with van der Waals surface area (Å²) in [6.45, 7) is 2.56. The summed E-state index contributed by atoms with van der Waals surface area (Å²) in [5.74, 6) is 0.323. The molecule has 34 heavy (non-hydrogen) atoms. The number of nitrogens with zero attached hydrogens (tertiary/aromatic N) is 4. The van der Waals surface area contributed by atoms with Crippen LogP contribution in [0.3, 0.4) is 0 Å². The van der Waals surface area contributed by atoms with Crippen LogP contribution in [0.5, 0.6) is 5.88 Å². The molecule has 0 bridgehead atoms. The number of aliphatic imine (C=N–C) groups is 1. The van der Waals surface area contributed by atoms with Gasteiger partial charge in [0.15, 0.2) is 5.78 Å². The van der Waals surface area contributed by atoms with E-state index in [-0.39, 0.29) is 23.5 Å². The third-order valence-electron chi connectivity index (χ3n) is 6.32. The zero-order chi connectivity index (χ0) is 23.7. The van der Waals surface area contributed by atoms with Gasteiger partial charge in [-0.2, -0.15) is 4.31 Å². The highest BCUT2D eigenvalue weighted by Gasteiger charge is 2.30. The molecule has 178 valence electrons. The maximum Gasteiger partial charge on any atom is 0.243 e. The Hall–Kier alpha value is -2.75. The van der Waals surface area contributed by atoms with E-state index < -0.39 is 10.0 Å². The SMILES string of the molecule is O=C1CN=CC(N2CC[C@@H](Oc3cc(-c4ccc(S(=O)(=O)N5CCCC5)cc4)ccn3)C2)=C1Cl. The molecular weight excluding hydrogens is 476 g/mol. The van der Waals surface area contributed by atoms with Gasteiger partial charge in [0.1, 0.15) is 17.7 Å². The minimum atomic E-state index is -3.44. The fourth-order valence-corrected chi connectivity index (χ4v) is 6.21. The fourth-order valence-electron chi connectivity index (χ4n) is 4.47. The van der Waals surface area contributed by atoms with E-state index in [2.05, 4.69) is 9.98 Å². The predicted molar refractivity (Wildman–Crippen MR) is 130 cm³/mol. The molecule has 0 N–H and O–H groups in total. The van der Waals surface area contributed by atoms with Crippen LogP contribution in [0.1, 0.15) is 19.3 Å². The molecular formula is C24H25ClN4O4S. The van der Waals surface area contributed by atoms with Crippen LogP contribution in [0.15, 0.2) is 63.2 Å². The molecule has 4 heterocycles. The van der Waals surface area contributed by atoms with Crippen molar-refractivity contribution >= 4 is 33.6 Å². The van der Waals surface area contributed by atoms with E-state index in [4.69, 9.17) is 16.3 Å². The molecule has 2 aromatic rings. The summed E-state index contributed by atoms with van der Waals surface area (Å²) in [7, 11) is -3.44. The van der Waals surface area contributed by atoms with Crippen molar-refractivity contribution in [3.63, 3.8) is 0 Å². The van der Waals surface area contributed by atoms with E-state index in [0.717, 1.165) is 30.4 Å². The predicted octanol–water partition coefficient (Wildman–Crippen LogP) is 3.09. The van der Waals surface area contributed by atoms with Crippen molar-refractivity contribution in [1.82, 2.24) is 14.2 Å². The van der Waals surface area contributed by atoms with Crippen molar-refractivity contribution in [2.45, 2.75) is 30.3 Å². The number of carbonyl (C=O) groups is 1. The number of halogens is 1. The summed E-state index contributed by atoms with van der Waals surface area (Å²) in [5, 5.41) is 0.228. The Kier molecular flexibility index (Phi) is 6.42. The van der Waals surface area contributed by atoms with Gasteiger partial charge in [0.25, 0.3) is 0 Å². The normalized spacial score (nSPS) is 21.5. The molecule has 0 aliphatic carbocycles. The number of aromatic nitrogens is 1. The van der Waals surface area contributed by atoms with E-state index >= 15 is 0 Å². The smallest absolute Gasteiger partial charge is 0.243 e. The quantitative estimate of drug-likeness (QED) is 0.605. The lowest BCUT2D eigenvalue weighted by Crippen LogP contribution is -2.28. The van der Waals surface area contributed by atoms with Crippen molar-refractivity contribution in [3.05, 3.63) is 53.3 Å². The third-order valence-corrected chi connectivity index (χ3v) is 8.63. The van der Waals surface area contributed by atoms with E-state index in [0.29, 0.717) is 42.7 Å². The van der Waals surface area contributed by atoms with Crippen LogP contribution < -0.4 is 4.74 Å². The topological polar surface area (TPSA) is 92.2 Å². The molecule has 5 rings (SSSR count). The summed E-state index contributed by atoms with van der Waals surface area (Å²) in [6.07, 6.45) is 5.82. The molecule has 1 aromatic carbocycles. The molecule has 0 unspecified atom stereocenters. The standard InChI is InChI=1S/C24H25ClN4O4S/c25-24-21(14-26-15-22(24)30)28-12-8-19(16-28)33-23-13-18(7-9-27-23)17-3-5-20(6-4-17)34(31,32)29-10-1-2-11-29/h3-7,9,13-14,19H,1-2,8,10-12,15-16H2/t19-/m1/s1. The van der Waals surface area contributed by atoms with Gasteiger partial charge in [-0.1, -0.05) is 23.7 Å². The minimum absolute atomic E-state index is 0.0952. The molecule has 10 heteroatoms. The maximum absolute atomic E-state index is 12.8. The van der Waals surface area contributed by atoms with E-state index in [1.807, 2.05) is 29.2 Å². The van der Waals surface area contributed by atoms with Crippen LogP contribution in [-0.2, 0) is 14.8 Å². The molecule has 0 radical (unpaired) electrons. The lowest BCUT2D eigenvalue weighted by Gasteiger charge is -2.22. The second-order valence-electron chi connectivity index (χ2n) is 8.59. The summed E-state index contributed by atoms with van der Waals surface area (Å²) < 4.78 is 33.2. The molecule has 8 nitrogen and oxygen atoms in total. The first-order valence-electron chi connectivity index (χ1n) is 11.3. The summed E-state index contributed by atoms with van der Waals surface area (Å²) >= 11 is 6.19. The van der Waals surface area contributed by atoms with Crippen molar-refractivity contribution < 1.29 is 17.9 Å². The highest BCUT2D eigenvalue weighted by Crippen LogP contribution is 2.28. The van der Waals surface area contributed by atoms with Gasteiger partial charge >= 0.3 is 0 Å². The molecule has 0 saturated carbocycles. The molecule has 1 atom stereocenters. The molecule has 3 aliphatic heterocycles. The van der Waals surface area contributed by atoms with Crippen LogP contribution in [-0.4, -0.2) is 73.4 Å². The average molecular weight is 501 g/mol. The largest absolute Gasteiger partial charge is 0.472 e. The first kappa shape index (κ1) is 23.0. The molecule has 3 aliphatic rings. The second kappa shape index (κ2) is 9.48. The van der Waals surface area contributed by atoms with Crippen LogP contribution in [0.2, 0.25) is 0 Å². The number of hydrogen-bond donors (Lipinski definition) is 0. The van der Waals surface area contributed by atoms with Gasteiger partial charge in [0, 0.05) is 44.5 Å². The number of likely N-dealkylation sites (tertiary alicyclic amines) is 1. The number of rotatable bonds is 6. The molecule has 0 amide bonds. The highest BCUT2D eigenvalue weighted by atomic mass is 35.5. The fraction of sp³-hybridized carbons (Fsp3) is 0.375. The monoisotopic (exact) mass is 500 g/mol. The van der Waals surface area contributed by atoms with Crippen LogP contribution in [0.4, 0.5) is 0 Å². The van der Waals surface area contributed by atoms with Gasteiger partial charge in [0.2, 0.25) is 15.9 Å². The summed E-state index contributed by atoms with van der Waals surface area (Å²) in [6, 6.07) is 10.7. The highest BCUT2D eigenvalue weighted by molar-refractivity contribution is 7.89. The summed E-state index contributed by atoms with van der Waals surface area (Å²) in [5.41, 5.74) is 2.42. The van der Waals surface area contributed by atoms with Gasteiger partial charge in [-0.25, -0.2) is 13.4 Å². The van der Waals surface area contributed by atoms with Gasteiger partial charge < -0.3 is 9.64 Å². The Morgan fingerprint density at radius 1 is 1.03 bits per heavy atom. The molecule has 2 fully saturated rings. The Morgan fingerprint density at radius 3 is 2.56 bits per heavy atom. The van der Waals surface area contributed by atoms with Crippen LogP contribution >= 0.6 is 11.6 Å². The van der Waals surface area contributed by atoms with Crippen molar-refractivity contribution in [2.24, 2.45) is 4.99 Å². The van der Waals surface area contributed by atoms with Crippen molar-refractivity contribution in [3.8, 4) is 17.0 Å². The van der Waals surface area contributed by atoms with Crippen LogP contribution in [0, 0.1) is 0 Å². The number of pyridine rings is 1. The molecule has 2 saturated heterocycles. The Balaban J connectivity index is 1.27. The zero-order valence-corrected chi connectivity index (χ0v) is 20.1. The first-order chi connectivity index (χ1) is 16.4. The van der Waals surface area contributed by atoms with E-state index in [9.17, 15) is 13.2 Å². The number of benzene rings is 1. The number of Topliss-reactive ketones (excluding diaryl/α,β-unsaturated/α-hetero) is 1. The van der Waals surface area contributed by atoms with Gasteiger partial charge in [0.05, 0.1) is 17.1 Å². The van der Waals surface area contributed by atoms with E-state index in [1.165, 1.54) is 0 Å². The number of ether oxygens (including phenoxy) is 1. The number of allylic oxidation sites excluding steroid dienone is 1. The van der Waals surface area contributed by atoms with Crippen molar-refractivity contribution in [1.29, 1.82) is 0 Å². The zero-order valence-electron chi connectivity index (χ0n) is 18.6. The first-order valence-corrected chi connectivity index (χ1v) is 13.1. The number of sulfonamides is 1. The molecule has 0 spiro atoms. The Bertz CT molecular complexity index is 1250. The lowest BCUT2D eigenvalue weighted by molar-refractivity contribution is -0.113. The van der Waals surface area contributed by atoms with Gasteiger partial charge in [-0.05, 0) is 42.2 Å². The maximum atomic E-state index is 12.8. The Morgan fingerprint density at radius 2 is 1.79 bits per heavy atom. The van der Waals surface area contributed by atoms with Gasteiger partial charge in [-0.3, -0.25) is 9.79 Å². The molecule has 1 aromatic heterocycles. The van der Waals surface area contributed by atoms with Crippen molar-refractivity contribution in [2.75, 3.05) is 32.7 Å². The lowest BCUT2D eigenvalue weighted by atomic mass is 10.1. The van der Waals surface area contributed by atoms with Gasteiger partial charge in [-0.15, -0.1) is 0 Å². The van der Waals surface area contributed by atoms with E-state index in [1.54, 1.807) is 28.8 Å². The third kappa shape index (κ3) is 4.60. The minimum Gasteiger partial charge on any atom is -0.472 e. The number of hydrogen-bond acceptors (Lipinski definition) is 7.